The van der Waals surface area contributed by atoms with Crippen LogP contribution in [0.4, 0.5) is 5.69 Å². The van der Waals surface area contributed by atoms with E-state index < -0.39 is 0 Å². The number of ether oxygens (including phenoxy) is 1. The minimum absolute atomic E-state index is 0.0920. The molecule has 0 N–H and O–H groups in total. The molecule has 4 nitrogen and oxygen atoms in total. The van der Waals surface area contributed by atoms with Crippen LogP contribution < -0.4 is 4.74 Å². The lowest BCUT2D eigenvalue weighted by molar-refractivity contribution is -0.384. The summed E-state index contributed by atoms with van der Waals surface area (Å²) in [6.45, 7) is 0. The first kappa shape index (κ1) is 16.8. The highest BCUT2D eigenvalue weighted by Gasteiger charge is 2.11. The van der Waals surface area contributed by atoms with Crippen LogP contribution in [0.25, 0.3) is 33.0 Å². The SMILES string of the molecule is COc1ccc(-c2cccc3cccc(-c4ccc([N+](=O)[O-])cc4)c23)cc1. The summed E-state index contributed by atoms with van der Waals surface area (Å²) in [6, 6.07) is 27.0. The van der Waals surface area contributed by atoms with Crippen LogP contribution in [0.3, 0.4) is 0 Å². The lowest BCUT2D eigenvalue weighted by Crippen LogP contribution is -1.89. The Balaban J connectivity index is 1.92. The predicted molar refractivity (Wildman–Crippen MR) is 108 cm³/mol. The van der Waals surface area contributed by atoms with Crippen LogP contribution in [-0.4, -0.2) is 12.0 Å². The van der Waals surface area contributed by atoms with E-state index in [0.29, 0.717) is 0 Å². The average molecular weight is 355 g/mol. The molecule has 0 saturated carbocycles. The van der Waals surface area contributed by atoms with Gasteiger partial charge in [0.2, 0.25) is 0 Å². The summed E-state index contributed by atoms with van der Waals surface area (Å²) in [4.78, 5) is 10.6. The molecule has 4 heteroatoms. The Morgan fingerprint density at radius 2 is 1.26 bits per heavy atom. The van der Waals surface area contributed by atoms with Gasteiger partial charge in [-0.15, -0.1) is 0 Å². The molecule has 0 aliphatic carbocycles. The van der Waals surface area contributed by atoms with E-state index >= 15 is 0 Å². The zero-order valence-corrected chi connectivity index (χ0v) is 14.8. The number of rotatable bonds is 4. The van der Waals surface area contributed by atoms with Gasteiger partial charge in [0.25, 0.3) is 5.69 Å². The van der Waals surface area contributed by atoms with Gasteiger partial charge in [-0.3, -0.25) is 10.1 Å². The van der Waals surface area contributed by atoms with Gasteiger partial charge < -0.3 is 4.74 Å². The van der Waals surface area contributed by atoms with Crippen LogP contribution in [0.2, 0.25) is 0 Å². The highest BCUT2D eigenvalue weighted by molar-refractivity contribution is 6.06. The normalized spacial score (nSPS) is 10.7. The zero-order valence-electron chi connectivity index (χ0n) is 14.8. The molecule has 27 heavy (non-hydrogen) atoms. The van der Waals surface area contributed by atoms with E-state index in [2.05, 4.69) is 24.3 Å². The molecular weight excluding hydrogens is 338 g/mol. The van der Waals surface area contributed by atoms with Crippen LogP contribution in [-0.2, 0) is 0 Å². The van der Waals surface area contributed by atoms with E-state index in [1.54, 1.807) is 31.4 Å². The topological polar surface area (TPSA) is 52.4 Å². The third-order valence-corrected chi connectivity index (χ3v) is 4.69. The second-order valence-electron chi connectivity index (χ2n) is 6.24. The first-order chi connectivity index (χ1) is 13.2. The fourth-order valence-electron chi connectivity index (χ4n) is 3.36. The summed E-state index contributed by atoms with van der Waals surface area (Å²) in [5.74, 6) is 0.814. The second-order valence-corrected chi connectivity index (χ2v) is 6.24. The monoisotopic (exact) mass is 355 g/mol. The number of nitrogens with zero attached hydrogens (tertiary/aromatic N) is 1. The van der Waals surface area contributed by atoms with Gasteiger partial charge in [0.15, 0.2) is 0 Å². The number of non-ortho nitro benzene ring substituents is 1. The Hall–Kier alpha value is -3.66. The Bertz CT molecular complexity index is 1110. The van der Waals surface area contributed by atoms with Crippen LogP contribution in [0, 0.1) is 10.1 Å². The van der Waals surface area contributed by atoms with Crippen molar-refractivity contribution in [1.82, 2.24) is 0 Å². The molecule has 0 heterocycles. The summed E-state index contributed by atoms with van der Waals surface area (Å²) < 4.78 is 5.26. The Morgan fingerprint density at radius 1 is 0.741 bits per heavy atom. The first-order valence-electron chi connectivity index (χ1n) is 8.58. The van der Waals surface area contributed by atoms with E-state index in [1.807, 2.05) is 36.4 Å². The van der Waals surface area contributed by atoms with Crippen molar-refractivity contribution < 1.29 is 9.66 Å². The van der Waals surface area contributed by atoms with Crippen molar-refractivity contribution in [1.29, 1.82) is 0 Å². The molecule has 0 aliphatic heterocycles. The number of hydrogen-bond acceptors (Lipinski definition) is 3. The Morgan fingerprint density at radius 3 is 1.74 bits per heavy atom. The molecule has 0 radical (unpaired) electrons. The maximum Gasteiger partial charge on any atom is 0.269 e. The van der Waals surface area contributed by atoms with Gasteiger partial charge in [0, 0.05) is 12.1 Å². The maximum absolute atomic E-state index is 10.9. The second kappa shape index (κ2) is 6.92. The van der Waals surface area contributed by atoms with Crippen molar-refractivity contribution in [2.24, 2.45) is 0 Å². The van der Waals surface area contributed by atoms with Gasteiger partial charge >= 0.3 is 0 Å². The number of nitro benzene ring substituents is 1. The maximum atomic E-state index is 10.9. The van der Waals surface area contributed by atoms with E-state index in [-0.39, 0.29) is 10.6 Å². The molecule has 132 valence electrons. The Labute approximate surface area is 156 Å². The molecule has 0 unspecified atom stereocenters. The number of nitro groups is 1. The molecular formula is C23H17NO3. The Kier molecular flexibility index (Phi) is 4.30. The smallest absolute Gasteiger partial charge is 0.269 e. The molecule has 0 saturated heterocycles. The van der Waals surface area contributed by atoms with Gasteiger partial charge in [-0.2, -0.15) is 0 Å². The van der Waals surface area contributed by atoms with E-state index in [9.17, 15) is 10.1 Å². The molecule has 0 amide bonds. The summed E-state index contributed by atoms with van der Waals surface area (Å²) in [5.41, 5.74) is 4.30. The highest BCUT2D eigenvalue weighted by atomic mass is 16.6. The van der Waals surface area contributed by atoms with Crippen LogP contribution in [0.1, 0.15) is 0 Å². The van der Waals surface area contributed by atoms with E-state index in [1.165, 1.54) is 0 Å². The zero-order chi connectivity index (χ0) is 18.8. The minimum Gasteiger partial charge on any atom is -0.497 e. The summed E-state index contributed by atoms with van der Waals surface area (Å²) in [7, 11) is 1.65. The highest BCUT2D eigenvalue weighted by Crippen LogP contribution is 2.37. The largest absolute Gasteiger partial charge is 0.497 e. The molecule has 4 aromatic carbocycles. The lowest BCUT2D eigenvalue weighted by atomic mass is 9.91. The van der Waals surface area contributed by atoms with Crippen molar-refractivity contribution in [3.8, 4) is 28.0 Å². The van der Waals surface area contributed by atoms with Gasteiger partial charge in [0.1, 0.15) is 5.75 Å². The molecule has 0 bridgehead atoms. The number of hydrogen-bond donors (Lipinski definition) is 0. The van der Waals surface area contributed by atoms with Crippen molar-refractivity contribution in [2.45, 2.75) is 0 Å². The van der Waals surface area contributed by atoms with E-state index in [4.69, 9.17) is 4.74 Å². The molecule has 4 aromatic rings. The quantitative estimate of drug-likeness (QED) is 0.329. The van der Waals surface area contributed by atoms with Crippen molar-refractivity contribution >= 4 is 16.5 Å². The first-order valence-corrected chi connectivity index (χ1v) is 8.58. The summed E-state index contributed by atoms with van der Waals surface area (Å²) in [5, 5.41) is 13.2. The summed E-state index contributed by atoms with van der Waals surface area (Å²) >= 11 is 0. The van der Waals surface area contributed by atoms with Gasteiger partial charge in [0.05, 0.1) is 12.0 Å². The number of fused-ring (bicyclic) bond motifs is 1. The standard InChI is InChI=1S/C23H17NO3/c1-27-20-14-10-17(11-15-20)22-7-3-5-18-4-2-6-21(23(18)22)16-8-12-19(13-9-16)24(25)26/h2-15H,1H3. The van der Waals surface area contributed by atoms with Crippen LogP contribution in [0.5, 0.6) is 5.75 Å². The van der Waals surface area contributed by atoms with E-state index in [0.717, 1.165) is 38.8 Å². The lowest BCUT2D eigenvalue weighted by Gasteiger charge is -2.13. The molecule has 0 aliphatic rings. The molecule has 4 rings (SSSR count). The summed E-state index contributed by atoms with van der Waals surface area (Å²) in [6.07, 6.45) is 0. The third kappa shape index (κ3) is 3.13. The van der Waals surface area contributed by atoms with Crippen molar-refractivity contribution in [3.05, 3.63) is 95.0 Å². The molecule has 0 atom stereocenters. The number of methoxy groups -OCH3 is 1. The van der Waals surface area contributed by atoms with Crippen LogP contribution in [0.15, 0.2) is 84.9 Å². The van der Waals surface area contributed by atoms with Gasteiger partial charge in [-0.25, -0.2) is 0 Å². The fourth-order valence-corrected chi connectivity index (χ4v) is 3.36. The molecule has 0 aromatic heterocycles. The number of benzene rings is 4. The van der Waals surface area contributed by atoms with Crippen molar-refractivity contribution in [3.63, 3.8) is 0 Å². The molecule has 0 fully saturated rings. The van der Waals surface area contributed by atoms with Gasteiger partial charge in [-0.05, 0) is 57.3 Å². The predicted octanol–water partition coefficient (Wildman–Crippen LogP) is 6.09. The fraction of sp³-hybridized carbons (Fsp3) is 0.0435. The average Bonchev–Trinajstić information content (AvgIpc) is 2.73. The van der Waals surface area contributed by atoms with Crippen molar-refractivity contribution in [2.75, 3.05) is 7.11 Å². The van der Waals surface area contributed by atoms with Gasteiger partial charge in [-0.1, -0.05) is 48.5 Å². The minimum atomic E-state index is -0.379. The van der Waals surface area contributed by atoms with Crippen LogP contribution >= 0.6 is 0 Å². The molecule has 0 spiro atoms. The third-order valence-electron chi connectivity index (χ3n) is 4.69.